The van der Waals surface area contributed by atoms with Crippen molar-refractivity contribution in [1.82, 2.24) is 0 Å². The third-order valence-corrected chi connectivity index (χ3v) is 4.34. The van der Waals surface area contributed by atoms with E-state index in [1.807, 2.05) is 24.3 Å². The maximum atomic E-state index is 6.08. The maximum absolute atomic E-state index is 6.08. The molecule has 1 aromatic carbocycles. The van der Waals surface area contributed by atoms with Gasteiger partial charge < -0.3 is 10.2 Å². The molecule has 1 heterocycles. The van der Waals surface area contributed by atoms with E-state index in [9.17, 15) is 0 Å². The molecule has 0 radical (unpaired) electrons. The second-order valence-electron chi connectivity index (χ2n) is 4.49. The number of hydrogen-bond acceptors (Lipinski definition) is 3. The molecule has 2 N–H and O–H groups in total. The van der Waals surface area contributed by atoms with E-state index in [1.54, 1.807) is 18.0 Å². The Bertz CT molecular complexity index is 513. The fraction of sp³-hybridized carbons (Fsp3) is 0.333. The smallest absolute Gasteiger partial charge is 0.113 e. The zero-order valence-corrected chi connectivity index (χ0v) is 12.5. The molecular weight excluding hydrogens is 278 g/mol. The second kappa shape index (κ2) is 7.04. The van der Waals surface area contributed by atoms with Gasteiger partial charge >= 0.3 is 0 Å². The van der Waals surface area contributed by atoms with Crippen molar-refractivity contribution in [3.8, 4) is 0 Å². The van der Waals surface area contributed by atoms with Crippen molar-refractivity contribution in [2.45, 2.75) is 36.5 Å². The van der Waals surface area contributed by atoms with Crippen LogP contribution in [0.5, 0.6) is 0 Å². The lowest BCUT2D eigenvalue weighted by Crippen LogP contribution is -2.21. The van der Waals surface area contributed by atoms with E-state index in [-0.39, 0.29) is 6.04 Å². The summed E-state index contributed by atoms with van der Waals surface area (Å²) in [6, 6.07) is 10.1. The van der Waals surface area contributed by atoms with E-state index in [2.05, 4.69) is 13.0 Å². The second-order valence-corrected chi connectivity index (χ2v) is 5.95. The van der Waals surface area contributed by atoms with Gasteiger partial charge in [-0.2, -0.15) is 0 Å². The third-order valence-electron chi connectivity index (χ3n) is 2.99. The monoisotopic (exact) mass is 295 g/mol. The standard InChI is InChI=1S/C15H18ClNOS/c1-2-13(17)8-11-5-6-12(16)9-15(11)19-10-14-4-3-7-18-14/h3-7,9,13H,2,8,10,17H2,1H3. The fourth-order valence-electron chi connectivity index (χ4n) is 1.80. The zero-order chi connectivity index (χ0) is 13.7. The summed E-state index contributed by atoms with van der Waals surface area (Å²) < 4.78 is 5.35. The number of hydrogen-bond donors (Lipinski definition) is 1. The molecule has 0 aliphatic rings. The van der Waals surface area contributed by atoms with E-state index in [4.69, 9.17) is 21.8 Å². The first-order valence-electron chi connectivity index (χ1n) is 6.38. The molecule has 1 atom stereocenters. The number of furan rings is 1. The van der Waals surface area contributed by atoms with Crippen LogP contribution in [0.25, 0.3) is 0 Å². The van der Waals surface area contributed by atoms with Crippen LogP contribution < -0.4 is 5.73 Å². The van der Waals surface area contributed by atoms with Crippen molar-refractivity contribution < 1.29 is 4.42 Å². The summed E-state index contributed by atoms with van der Waals surface area (Å²) in [5.74, 6) is 1.78. The van der Waals surface area contributed by atoms with Crippen LogP contribution in [0.4, 0.5) is 0 Å². The molecule has 0 saturated carbocycles. The highest BCUT2D eigenvalue weighted by Gasteiger charge is 2.09. The van der Waals surface area contributed by atoms with Crippen molar-refractivity contribution in [2.75, 3.05) is 0 Å². The normalized spacial score (nSPS) is 12.6. The first kappa shape index (κ1) is 14.5. The van der Waals surface area contributed by atoms with Crippen LogP contribution in [0.2, 0.25) is 5.02 Å². The van der Waals surface area contributed by atoms with Crippen LogP contribution in [0.15, 0.2) is 45.9 Å². The average molecular weight is 296 g/mol. The Morgan fingerprint density at radius 2 is 2.21 bits per heavy atom. The molecule has 0 aliphatic carbocycles. The summed E-state index contributed by atoms with van der Waals surface area (Å²) in [6.45, 7) is 2.11. The van der Waals surface area contributed by atoms with Gasteiger partial charge in [-0.05, 0) is 42.7 Å². The summed E-state index contributed by atoms with van der Waals surface area (Å²) in [7, 11) is 0. The van der Waals surface area contributed by atoms with Gasteiger partial charge in [0.1, 0.15) is 5.76 Å². The molecule has 102 valence electrons. The summed E-state index contributed by atoms with van der Waals surface area (Å²) in [6.07, 6.45) is 3.56. The molecule has 2 aromatic rings. The molecule has 19 heavy (non-hydrogen) atoms. The summed E-state index contributed by atoms with van der Waals surface area (Å²) in [4.78, 5) is 1.19. The van der Waals surface area contributed by atoms with Crippen LogP contribution >= 0.6 is 23.4 Å². The van der Waals surface area contributed by atoms with Crippen LogP contribution in [0.1, 0.15) is 24.7 Å². The highest BCUT2D eigenvalue weighted by Crippen LogP contribution is 2.30. The maximum Gasteiger partial charge on any atom is 0.113 e. The zero-order valence-electron chi connectivity index (χ0n) is 10.9. The fourth-order valence-corrected chi connectivity index (χ4v) is 3.05. The number of halogens is 1. The highest BCUT2D eigenvalue weighted by atomic mass is 35.5. The van der Waals surface area contributed by atoms with Gasteiger partial charge in [-0.1, -0.05) is 24.6 Å². The van der Waals surface area contributed by atoms with E-state index >= 15 is 0 Å². The van der Waals surface area contributed by atoms with Gasteiger partial charge in [0.2, 0.25) is 0 Å². The Kier molecular flexibility index (Phi) is 5.37. The summed E-state index contributed by atoms with van der Waals surface area (Å²) in [5, 5.41) is 0.760. The van der Waals surface area contributed by atoms with Crippen LogP contribution in [0, 0.1) is 0 Å². The molecular formula is C15H18ClNOS. The average Bonchev–Trinajstić information content (AvgIpc) is 2.92. The Morgan fingerprint density at radius 1 is 1.37 bits per heavy atom. The van der Waals surface area contributed by atoms with Gasteiger partial charge in [0.15, 0.2) is 0 Å². The van der Waals surface area contributed by atoms with E-state index in [0.717, 1.165) is 29.4 Å². The van der Waals surface area contributed by atoms with Crippen LogP contribution in [-0.4, -0.2) is 6.04 Å². The molecule has 0 saturated heterocycles. The SMILES string of the molecule is CCC(N)Cc1ccc(Cl)cc1SCc1ccco1. The van der Waals surface area contributed by atoms with Crippen LogP contribution in [-0.2, 0) is 12.2 Å². The minimum Gasteiger partial charge on any atom is -0.468 e. The molecule has 1 aromatic heterocycles. The minimum atomic E-state index is 0.198. The summed E-state index contributed by atoms with van der Waals surface area (Å²) >= 11 is 7.82. The minimum absolute atomic E-state index is 0.198. The highest BCUT2D eigenvalue weighted by molar-refractivity contribution is 7.98. The molecule has 4 heteroatoms. The molecule has 0 fully saturated rings. The van der Waals surface area contributed by atoms with Gasteiger partial charge in [0.25, 0.3) is 0 Å². The van der Waals surface area contributed by atoms with E-state index in [1.165, 1.54) is 10.5 Å². The van der Waals surface area contributed by atoms with Crippen molar-refractivity contribution in [3.05, 3.63) is 52.9 Å². The number of nitrogens with two attached hydrogens (primary N) is 1. The van der Waals surface area contributed by atoms with Crippen molar-refractivity contribution >= 4 is 23.4 Å². The molecule has 0 aliphatic heterocycles. The van der Waals surface area contributed by atoms with Crippen molar-refractivity contribution in [3.63, 3.8) is 0 Å². The van der Waals surface area contributed by atoms with Gasteiger partial charge in [0, 0.05) is 16.0 Å². The molecule has 0 spiro atoms. The topological polar surface area (TPSA) is 39.2 Å². The Morgan fingerprint density at radius 3 is 2.89 bits per heavy atom. The van der Waals surface area contributed by atoms with E-state index in [0.29, 0.717) is 0 Å². The Balaban J connectivity index is 2.10. The predicted octanol–water partition coefficient (Wildman–Crippen LogP) is 4.51. The first-order valence-corrected chi connectivity index (χ1v) is 7.74. The summed E-state index contributed by atoms with van der Waals surface area (Å²) in [5.41, 5.74) is 7.30. The quantitative estimate of drug-likeness (QED) is 0.797. The van der Waals surface area contributed by atoms with Crippen LogP contribution in [0.3, 0.4) is 0 Å². The number of rotatable bonds is 6. The molecule has 1 unspecified atom stereocenters. The van der Waals surface area contributed by atoms with Crippen molar-refractivity contribution in [2.24, 2.45) is 5.73 Å². The van der Waals surface area contributed by atoms with E-state index < -0.39 is 0 Å². The Hall–Kier alpha value is -0.900. The lowest BCUT2D eigenvalue weighted by Gasteiger charge is -2.13. The molecule has 0 bridgehead atoms. The Labute approximate surface area is 123 Å². The number of thioether (sulfide) groups is 1. The largest absolute Gasteiger partial charge is 0.468 e. The van der Waals surface area contributed by atoms with Gasteiger partial charge in [-0.15, -0.1) is 11.8 Å². The molecule has 0 amide bonds. The van der Waals surface area contributed by atoms with Crippen molar-refractivity contribution in [1.29, 1.82) is 0 Å². The predicted molar refractivity (Wildman–Crippen MR) is 81.7 cm³/mol. The van der Waals surface area contributed by atoms with Gasteiger partial charge in [0.05, 0.1) is 12.0 Å². The molecule has 2 nitrogen and oxygen atoms in total. The lowest BCUT2D eigenvalue weighted by molar-refractivity contribution is 0.530. The third kappa shape index (κ3) is 4.30. The lowest BCUT2D eigenvalue weighted by atomic mass is 10.1. The van der Waals surface area contributed by atoms with Gasteiger partial charge in [-0.3, -0.25) is 0 Å². The first-order chi connectivity index (χ1) is 9.19. The molecule has 2 rings (SSSR count). The van der Waals surface area contributed by atoms with Gasteiger partial charge in [-0.25, -0.2) is 0 Å². The number of benzene rings is 1.